The van der Waals surface area contributed by atoms with Crippen LogP contribution in [0.3, 0.4) is 0 Å². The molecule has 0 aromatic rings. The van der Waals surface area contributed by atoms with Crippen LogP contribution in [0.5, 0.6) is 0 Å². The van der Waals surface area contributed by atoms with Crippen LogP contribution in [0.2, 0.25) is 0 Å². The van der Waals surface area contributed by atoms with Gasteiger partial charge >= 0.3 is 5.97 Å². The van der Waals surface area contributed by atoms with Crippen molar-refractivity contribution < 1.29 is 26.7 Å². The third-order valence-corrected chi connectivity index (χ3v) is 12.7. The van der Waals surface area contributed by atoms with Gasteiger partial charge in [-0.05, 0) is 12.8 Å². The molecule has 0 fully saturated rings. The zero-order valence-corrected chi connectivity index (χ0v) is 34.5. The molecule has 0 spiro atoms. The summed E-state index contributed by atoms with van der Waals surface area (Å²) in [6, 6.07) is 0. The van der Waals surface area contributed by atoms with E-state index in [9.17, 15) is 26.7 Å². The molecule has 0 atom stereocenters. The molecule has 0 aromatic heterocycles. The second kappa shape index (κ2) is 35.3. The van der Waals surface area contributed by atoms with Gasteiger partial charge in [-0.3, -0.25) is 0 Å². The fourth-order valence-electron chi connectivity index (χ4n) is 6.64. The van der Waals surface area contributed by atoms with Crippen LogP contribution in [-0.2, 0) is 24.8 Å². The molecule has 0 saturated carbocycles. The summed E-state index contributed by atoms with van der Waals surface area (Å²) < 4.78 is 54.1. The molecular formula is C40H82N2O6S2. The summed E-state index contributed by atoms with van der Waals surface area (Å²) in [4.78, 5) is 11.7. The quantitative estimate of drug-likeness (QED) is 0.0421. The molecule has 0 unspecified atom stereocenters. The second-order valence-electron chi connectivity index (χ2n) is 15.0. The van der Waals surface area contributed by atoms with Crippen LogP contribution < -0.4 is 9.44 Å². The minimum Gasteiger partial charge on any atom is -0.479 e. The van der Waals surface area contributed by atoms with Crippen molar-refractivity contribution in [3.05, 3.63) is 0 Å². The van der Waals surface area contributed by atoms with Gasteiger partial charge in [-0.2, -0.15) is 9.44 Å². The van der Waals surface area contributed by atoms with Gasteiger partial charge in [0.25, 0.3) is 0 Å². The lowest BCUT2D eigenvalue weighted by Crippen LogP contribution is -2.53. The van der Waals surface area contributed by atoms with Crippen LogP contribution in [0.15, 0.2) is 0 Å². The molecule has 0 rings (SSSR count). The van der Waals surface area contributed by atoms with Gasteiger partial charge in [0, 0.05) is 0 Å². The summed E-state index contributed by atoms with van der Waals surface area (Å²) in [5, 5.41) is 9.49. The van der Waals surface area contributed by atoms with E-state index in [1.54, 1.807) is 0 Å². The van der Waals surface area contributed by atoms with Gasteiger partial charge in [0.1, 0.15) is 0 Å². The average molecular weight is 751 g/mol. The van der Waals surface area contributed by atoms with Gasteiger partial charge < -0.3 is 5.11 Å². The van der Waals surface area contributed by atoms with Gasteiger partial charge in [-0.1, -0.05) is 219 Å². The van der Waals surface area contributed by atoms with Crippen molar-refractivity contribution >= 4 is 26.0 Å². The van der Waals surface area contributed by atoms with Crippen molar-refractivity contribution in [2.75, 3.05) is 11.5 Å². The fourth-order valence-corrected chi connectivity index (χ4v) is 9.15. The number of carboxylic acid groups (broad SMARTS) is 1. The van der Waals surface area contributed by atoms with Gasteiger partial charge in [0.05, 0.1) is 11.5 Å². The Morgan fingerprint density at radius 3 is 0.740 bits per heavy atom. The number of carbonyl (C=O) groups is 1. The summed E-state index contributed by atoms with van der Waals surface area (Å²) in [6.07, 6.45) is 38.9. The molecule has 0 bridgehead atoms. The topological polar surface area (TPSA) is 130 Å². The van der Waals surface area contributed by atoms with Crippen molar-refractivity contribution in [2.24, 2.45) is 0 Å². The minimum absolute atomic E-state index is 0.212. The van der Waals surface area contributed by atoms with E-state index in [4.69, 9.17) is 0 Å². The van der Waals surface area contributed by atoms with Gasteiger partial charge in [0.15, 0.2) is 6.17 Å². The molecular weight excluding hydrogens is 669 g/mol. The Kier molecular flexibility index (Phi) is 34.8. The third-order valence-electron chi connectivity index (χ3n) is 9.88. The van der Waals surface area contributed by atoms with E-state index >= 15 is 0 Å². The Bertz CT molecular complexity index is 889. The molecule has 0 radical (unpaired) electrons. The molecule has 0 saturated heterocycles. The molecule has 8 nitrogen and oxygen atoms in total. The zero-order valence-electron chi connectivity index (χ0n) is 32.8. The summed E-state index contributed by atoms with van der Waals surface area (Å²) in [5.74, 6) is -1.98. The van der Waals surface area contributed by atoms with Crippen molar-refractivity contribution in [1.82, 2.24) is 9.44 Å². The van der Waals surface area contributed by atoms with E-state index < -0.39 is 32.2 Å². The van der Waals surface area contributed by atoms with Gasteiger partial charge in [-0.25, -0.2) is 21.6 Å². The highest BCUT2D eigenvalue weighted by Gasteiger charge is 2.28. The van der Waals surface area contributed by atoms with E-state index in [0.717, 1.165) is 51.4 Å². The Morgan fingerprint density at radius 2 is 0.560 bits per heavy atom. The lowest BCUT2D eigenvalue weighted by molar-refractivity contribution is -0.139. The van der Waals surface area contributed by atoms with Gasteiger partial charge in [0.2, 0.25) is 20.0 Å². The first-order valence-electron chi connectivity index (χ1n) is 21.4. The predicted molar refractivity (Wildman–Crippen MR) is 214 cm³/mol. The minimum atomic E-state index is -3.93. The summed E-state index contributed by atoms with van der Waals surface area (Å²) in [5.41, 5.74) is 0. The zero-order chi connectivity index (χ0) is 37.0. The van der Waals surface area contributed by atoms with Crippen LogP contribution in [0.1, 0.15) is 232 Å². The standard InChI is InChI=1S/C40H82N2O6S2/c1-3-5-7-9-11-13-15-17-19-21-23-25-27-29-31-33-35-37-49(45,46)41-39(40(43)44)42-50(47,48)38-36-34-32-30-28-26-24-22-20-18-16-14-12-10-8-6-4-2/h39,41-42H,3-38H2,1-2H3,(H,43,44). The van der Waals surface area contributed by atoms with Crippen LogP contribution in [0.4, 0.5) is 0 Å². The molecule has 300 valence electrons. The first kappa shape index (κ1) is 49.3. The first-order valence-corrected chi connectivity index (χ1v) is 24.7. The molecule has 50 heavy (non-hydrogen) atoms. The van der Waals surface area contributed by atoms with Crippen molar-refractivity contribution in [2.45, 2.75) is 238 Å². The Balaban J connectivity index is 3.84. The smallest absolute Gasteiger partial charge is 0.337 e. The molecule has 0 aliphatic carbocycles. The third kappa shape index (κ3) is 35.7. The highest BCUT2D eigenvalue weighted by atomic mass is 32.2. The molecule has 0 aliphatic heterocycles. The van der Waals surface area contributed by atoms with Crippen LogP contribution in [-0.4, -0.2) is 45.6 Å². The van der Waals surface area contributed by atoms with Crippen molar-refractivity contribution in [3.8, 4) is 0 Å². The van der Waals surface area contributed by atoms with Crippen LogP contribution in [0.25, 0.3) is 0 Å². The molecule has 10 heteroatoms. The molecule has 0 heterocycles. The maximum atomic E-state index is 12.5. The van der Waals surface area contributed by atoms with E-state index in [1.807, 2.05) is 9.44 Å². The van der Waals surface area contributed by atoms with E-state index in [-0.39, 0.29) is 11.5 Å². The number of hydrogen-bond donors (Lipinski definition) is 3. The summed E-state index contributed by atoms with van der Waals surface area (Å²) in [7, 11) is -7.86. The Labute approximate surface area is 311 Å². The van der Waals surface area contributed by atoms with E-state index in [2.05, 4.69) is 13.8 Å². The number of hydrogen-bond acceptors (Lipinski definition) is 5. The number of unbranched alkanes of at least 4 members (excludes halogenated alkanes) is 32. The highest BCUT2D eigenvalue weighted by Crippen LogP contribution is 2.16. The van der Waals surface area contributed by atoms with Crippen LogP contribution in [0, 0.1) is 0 Å². The summed E-state index contributed by atoms with van der Waals surface area (Å²) >= 11 is 0. The fraction of sp³-hybridized carbons (Fsp3) is 0.975. The van der Waals surface area contributed by atoms with Crippen LogP contribution >= 0.6 is 0 Å². The maximum absolute atomic E-state index is 12.5. The predicted octanol–water partition coefficient (Wildman–Crippen LogP) is 11.5. The number of nitrogens with one attached hydrogen (secondary N) is 2. The maximum Gasteiger partial charge on any atom is 0.337 e. The van der Waals surface area contributed by atoms with E-state index in [0.29, 0.717) is 12.8 Å². The number of carboxylic acids is 1. The summed E-state index contributed by atoms with van der Waals surface area (Å²) in [6.45, 7) is 4.51. The number of sulfonamides is 2. The molecule has 0 aliphatic rings. The molecule has 0 amide bonds. The van der Waals surface area contributed by atoms with Gasteiger partial charge in [-0.15, -0.1) is 0 Å². The molecule has 0 aromatic carbocycles. The SMILES string of the molecule is CCCCCCCCCCCCCCCCCCCS(=O)(=O)NC(NS(=O)(=O)CCCCCCCCCCCCCCCCCCC)C(=O)O. The highest BCUT2D eigenvalue weighted by molar-refractivity contribution is 7.90. The first-order chi connectivity index (χ1) is 24.1. The average Bonchev–Trinajstić information content (AvgIpc) is 3.07. The lowest BCUT2D eigenvalue weighted by atomic mass is 10.0. The second-order valence-corrected chi connectivity index (χ2v) is 18.7. The van der Waals surface area contributed by atoms with E-state index in [1.165, 1.54) is 154 Å². The Morgan fingerprint density at radius 1 is 0.380 bits per heavy atom. The number of rotatable bonds is 41. The monoisotopic (exact) mass is 751 g/mol. The molecule has 3 N–H and O–H groups in total. The largest absolute Gasteiger partial charge is 0.479 e. The normalized spacial score (nSPS) is 12.3. The number of aliphatic carboxylic acids is 1. The van der Waals surface area contributed by atoms with Crippen molar-refractivity contribution in [3.63, 3.8) is 0 Å². The van der Waals surface area contributed by atoms with Crippen molar-refractivity contribution in [1.29, 1.82) is 0 Å². The Hall–Kier alpha value is -0.710. The lowest BCUT2D eigenvalue weighted by Gasteiger charge is -2.16.